The summed E-state index contributed by atoms with van der Waals surface area (Å²) in [6.07, 6.45) is 0. The summed E-state index contributed by atoms with van der Waals surface area (Å²) in [6, 6.07) is 5.21. The maximum Gasteiger partial charge on any atom is 0.239 e. The van der Waals surface area contributed by atoms with Crippen molar-refractivity contribution < 1.29 is 5.11 Å². The molecule has 5 nitrogen and oxygen atoms in total. The van der Waals surface area contributed by atoms with Crippen LogP contribution in [-0.2, 0) is 0 Å². The van der Waals surface area contributed by atoms with E-state index in [0.29, 0.717) is 5.82 Å². The summed E-state index contributed by atoms with van der Waals surface area (Å²) >= 11 is 0. The molecule has 0 fully saturated rings. The lowest BCUT2D eigenvalue weighted by atomic mass is 10.1. The molecule has 0 unspecified atom stereocenters. The predicted octanol–water partition coefficient (Wildman–Crippen LogP) is 1.07. The van der Waals surface area contributed by atoms with Crippen LogP contribution >= 0.6 is 0 Å². The minimum Gasteiger partial charge on any atom is -0.508 e. The molecule has 4 N–H and O–H groups in total. The smallest absolute Gasteiger partial charge is 0.239 e. The van der Waals surface area contributed by atoms with E-state index in [0.717, 1.165) is 11.1 Å². The van der Waals surface area contributed by atoms with Crippen LogP contribution in [0.1, 0.15) is 5.56 Å². The molecule has 5 heteroatoms. The maximum atomic E-state index is 9.47. The van der Waals surface area contributed by atoms with Crippen LogP contribution in [-0.4, -0.2) is 20.3 Å². The van der Waals surface area contributed by atoms with E-state index in [4.69, 9.17) is 5.73 Å². The second-order valence-electron chi connectivity index (χ2n) is 2.99. The first-order valence-corrected chi connectivity index (χ1v) is 4.15. The van der Waals surface area contributed by atoms with Gasteiger partial charge in [0.2, 0.25) is 5.95 Å². The molecule has 0 aliphatic carbocycles. The lowest BCUT2D eigenvalue weighted by Crippen LogP contribution is -1.87. The summed E-state index contributed by atoms with van der Waals surface area (Å²) < 4.78 is 0. The molecule has 0 aliphatic rings. The number of aromatic hydroxyl groups is 1. The van der Waals surface area contributed by atoms with Gasteiger partial charge in [-0.2, -0.15) is 4.98 Å². The van der Waals surface area contributed by atoms with Gasteiger partial charge in [0.1, 0.15) is 5.75 Å². The van der Waals surface area contributed by atoms with Crippen LogP contribution in [0.2, 0.25) is 0 Å². The zero-order valence-corrected chi connectivity index (χ0v) is 7.65. The Labute approximate surface area is 80.6 Å². The molecule has 2 rings (SSSR count). The van der Waals surface area contributed by atoms with Crippen molar-refractivity contribution in [1.29, 1.82) is 0 Å². The number of phenolic OH excluding ortho intramolecular Hbond substituents is 1. The zero-order valence-electron chi connectivity index (χ0n) is 7.65. The Morgan fingerprint density at radius 2 is 2.21 bits per heavy atom. The molecular formula is C9H10N4O. The van der Waals surface area contributed by atoms with Crippen molar-refractivity contribution in [2.75, 3.05) is 5.73 Å². The van der Waals surface area contributed by atoms with Gasteiger partial charge >= 0.3 is 0 Å². The van der Waals surface area contributed by atoms with Crippen molar-refractivity contribution in [2.24, 2.45) is 0 Å². The average Bonchev–Trinajstić information content (AvgIpc) is 2.57. The highest BCUT2D eigenvalue weighted by Gasteiger charge is 2.08. The van der Waals surface area contributed by atoms with Crippen LogP contribution in [0.25, 0.3) is 11.4 Å². The number of nitrogens with one attached hydrogen (secondary N) is 1. The summed E-state index contributed by atoms with van der Waals surface area (Å²) in [5, 5.41) is 15.9. The number of nitrogen functional groups attached to an aromatic ring is 1. The van der Waals surface area contributed by atoms with Gasteiger partial charge in [0, 0.05) is 11.1 Å². The van der Waals surface area contributed by atoms with Crippen LogP contribution in [0.15, 0.2) is 18.2 Å². The molecule has 1 aromatic carbocycles. The molecule has 2 aromatic rings. The van der Waals surface area contributed by atoms with Crippen molar-refractivity contribution in [3.8, 4) is 17.1 Å². The Morgan fingerprint density at radius 3 is 2.86 bits per heavy atom. The number of anilines is 1. The van der Waals surface area contributed by atoms with Crippen LogP contribution in [0.5, 0.6) is 5.75 Å². The second kappa shape index (κ2) is 3.02. The number of benzene rings is 1. The monoisotopic (exact) mass is 190 g/mol. The summed E-state index contributed by atoms with van der Waals surface area (Å²) in [7, 11) is 0. The van der Waals surface area contributed by atoms with Gasteiger partial charge < -0.3 is 10.8 Å². The van der Waals surface area contributed by atoms with Crippen LogP contribution in [0.4, 0.5) is 5.95 Å². The molecule has 0 atom stereocenters. The van der Waals surface area contributed by atoms with Gasteiger partial charge in [-0.15, -0.1) is 5.10 Å². The largest absolute Gasteiger partial charge is 0.508 e. The topological polar surface area (TPSA) is 87.8 Å². The quantitative estimate of drug-likeness (QED) is 0.627. The number of aromatic nitrogens is 3. The molecule has 0 spiro atoms. The lowest BCUT2D eigenvalue weighted by molar-refractivity contribution is 0.471. The number of hydrogen-bond acceptors (Lipinski definition) is 4. The molecule has 1 aromatic heterocycles. The molecule has 0 amide bonds. The highest BCUT2D eigenvalue weighted by Crippen LogP contribution is 2.26. The second-order valence-corrected chi connectivity index (χ2v) is 2.99. The summed E-state index contributed by atoms with van der Waals surface area (Å²) in [6.45, 7) is 1.81. The van der Waals surface area contributed by atoms with E-state index in [1.807, 2.05) is 13.0 Å². The van der Waals surface area contributed by atoms with Gasteiger partial charge in [0.25, 0.3) is 0 Å². The van der Waals surface area contributed by atoms with Crippen LogP contribution < -0.4 is 5.73 Å². The lowest BCUT2D eigenvalue weighted by Gasteiger charge is -2.03. The molecule has 72 valence electrons. The van der Waals surface area contributed by atoms with Crippen LogP contribution in [0.3, 0.4) is 0 Å². The van der Waals surface area contributed by atoms with Gasteiger partial charge in [0.05, 0.1) is 0 Å². The minimum atomic E-state index is 0.197. The van der Waals surface area contributed by atoms with E-state index in [-0.39, 0.29) is 11.7 Å². The van der Waals surface area contributed by atoms with E-state index in [1.54, 1.807) is 12.1 Å². The fourth-order valence-electron chi connectivity index (χ4n) is 1.28. The van der Waals surface area contributed by atoms with E-state index in [1.165, 1.54) is 0 Å². The SMILES string of the molecule is Cc1c(O)cccc1-c1nc(N)n[nH]1. The fraction of sp³-hybridized carbons (Fsp3) is 0.111. The van der Waals surface area contributed by atoms with Crippen LogP contribution in [0, 0.1) is 6.92 Å². The summed E-state index contributed by atoms with van der Waals surface area (Å²) in [5.74, 6) is 0.996. The van der Waals surface area contributed by atoms with Gasteiger partial charge in [-0.3, -0.25) is 5.10 Å². The van der Waals surface area contributed by atoms with Gasteiger partial charge in [0.15, 0.2) is 5.82 Å². The Balaban J connectivity index is 2.57. The average molecular weight is 190 g/mol. The Morgan fingerprint density at radius 1 is 1.43 bits per heavy atom. The molecule has 0 bridgehead atoms. The third-order valence-corrected chi connectivity index (χ3v) is 2.06. The van der Waals surface area contributed by atoms with E-state index in [2.05, 4.69) is 15.2 Å². The first-order chi connectivity index (χ1) is 6.68. The number of phenols is 1. The van der Waals surface area contributed by atoms with Crippen molar-refractivity contribution in [1.82, 2.24) is 15.2 Å². The number of H-pyrrole nitrogens is 1. The highest BCUT2D eigenvalue weighted by molar-refractivity contribution is 5.63. The first-order valence-electron chi connectivity index (χ1n) is 4.15. The van der Waals surface area contributed by atoms with Gasteiger partial charge in [-0.05, 0) is 13.0 Å². The minimum absolute atomic E-state index is 0.197. The van der Waals surface area contributed by atoms with E-state index < -0.39 is 0 Å². The summed E-state index contributed by atoms with van der Waals surface area (Å²) in [5.41, 5.74) is 6.94. The molecule has 0 saturated carbocycles. The molecule has 0 aliphatic heterocycles. The third-order valence-electron chi connectivity index (χ3n) is 2.06. The molecule has 0 radical (unpaired) electrons. The fourth-order valence-corrected chi connectivity index (χ4v) is 1.28. The first kappa shape index (κ1) is 8.55. The highest BCUT2D eigenvalue weighted by atomic mass is 16.3. The predicted molar refractivity (Wildman–Crippen MR) is 52.6 cm³/mol. The maximum absolute atomic E-state index is 9.47. The van der Waals surface area contributed by atoms with Gasteiger partial charge in [-0.25, -0.2) is 0 Å². The van der Waals surface area contributed by atoms with Gasteiger partial charge in [-0.1, -0.05) is 12.1 Å². The van der Waals surface area contributed by atoms with Crippen molar-refractivity contribution in [2.45, 2.75) is 6.92 Å². The van der Waals surface area contributed by atoms with E-state index >= 15 is 0 Å². The Kier molecular flexibility index (Phi) is 1.85. The Bertz CT molecular complexity index is 464. The molecule has 14 heavy (non-hydrogen) atoms. The summed E-state index contributed by atoms with van der Waals surface area (Å²) in [4.78, 5) is 3.98. The zero-order chi connectivity index (χ0) is 10.1. The Hall–Kier alpha value is -2.04. The van der Waals surface area contributed by atoms with Crippen molar-refractivity contribution >= 4 is 5.95 Å². The van der Waals surface area contributed by atoms with Crippen molar-refractivity contribution in [3.05, 3.63) is 23.8 Å². The number of hydrogen-bond donors (Lipinski definition) is 3. The number of aromatic amines is 1. The number of nitrogens with two attached hydrogens (primary N) is 1. The van der Waals surface area contributed by atoms with E-state index in [9.17, 15) is 5.11 Å². The van der Waals surface area contributed by atoms with Crippen molar-refractivity contribution in [3.63, 3.8) is 0 Å². The molecule has 0 saturated heterocycles. The third kappa shape index (κ3) is 1.28. The normalized spacial score (nSPS) is 10.4. The number of nitrogens with zero attached hydrogens (tertiary/aromatic N) is 2. The molecular weight excluding hydrogens is 180 g/mol. The standard InChI is InChI=1S/C9H10N4O/c1-5-6(3-2-4-7(5)14)8-11-9(10)13-12-8/h2-4,14H,1H3,(H3,10,11,12,13). The molecule has 1 heterocycles. The number of rotatable bonds is 1.